The van der Waals surface area contributed by atoms with E-state index in [9.17, 15) is 33.6 Å². The van der Waals surface area contributed by atoms with Crippen LogP contribution in [0.25, 0.3) is 0 Å². The first-order chi connectivity index (χ1) is 32.5. The Kier molecular flexibility index (Phi) is 19.5. The Balaban J connectivity index is 1.48. The molecule has 1 aliphatic heterocycles. The third kappa shape index (κ3) is 15.1. The van der Waals surface area contributed by atoms with E-state index in [1.165, 1.54) is 23.7 Å². The zero-order chi connectivity index (χ0) is 49.4. The van der Waals surface area contributed by atoms with Crippen molar-refractivity contribution in [3.8, 4) is 5.75 Å². The van der Waals surface area contributed by atoms with E-state index in [0.717, 1.165) is 77.7 Å². The van der Waals surface area contributed by atoms with Crippen LogP contribution in [0.3, 0.4) is 0 Å². The number of aromatic nitrogens is 3. The van der Waals surface area contributed by atoms with E-state index in [0.29, 0.717) is 30.6 Å². The molecule has 3 aromatic rings. The zero-order valence-electron chi connectivity index (χ0n) is 39.8. The normalized spacial score (nSPS) is 20.2. The van der Waals surface area contributed by atoms with E-state index in [1.807, 2.05) is 30.3 Å². The van der Waals surface area contributed by atoms with Gasteiger partial charge < -0.3 is 49.1 Å². The summed E-state index contributed by atoms with van der Waals surface area (Å²) in [6.45, 7) is 8.07. The summed E-state index contributed by atoms with van der Waals surface area (Å²) < 4.78 is 42.2. The summed E-state index contributed by atoms with van der Waals surface area (Å²) in [5.74, 6) is -7.30. The maximum absolute atomic E-state index is 14.1. The second kappa shape index (κ2) is 25.2. The van der Waals surface area contributed by atoms with Gasteiger partial charge >= 0.3 is 29.8 Å². The third-order valence-electron chi connectivity index (χ3n) is 11.6. The number of benzene rings is 2. The summed E-state index contributed by atoms with van der Waals surface area (Å²) in [6, 6.07) is 11.5. The number of methoxy groups -OCH3 is 1. The molecule has 1 aliphatic carbocycles. The molecule has 20 nitrogen and oxygen atoms in total. The number of carbonyl (C=O) groups is 7. The van der Waals surface area contributed by atoms with E-state index in [4.69, 9.17) is 33.2 Å². The number of aryl methyl sites for hydroxylation is 2. The summed E-state index contributed by atoms with van der Waals surface area (Å²) in [7, 11) is 1.11. The van der Waals surface area contributed by atoms with Crippen LogP contribution in [0, 0.1) is 13.8 Å². The lowest BCUT2D eigenvalue weighted by molar-refractivity contribution is -0.313. The van der Waals surface area contributed by atoms with Crippen LogP contribution in [-0.2, 0) is 70.2 Å². The first-order valence-electron chi connectivity index (χ1n) is 22.9. The van der Waals surface area contributed by atoms with E-state index < -0.39 is 90.9 Å². The van der Waals surface area contributed by atoms with Crippen molar-refractivity contribution < 1.29 is 66.7 Å². The van der Waals surface area contributed by atoms with Gasteiger partial charge in [-0.05, 0) is 81.4 Å². The Hall–Kier alpha value is -6.25. The van der Waals surface area contributed by atoms with Crippen molar-refractivity contribution in [2.24, 2.45) is 0 Å². The lowest BCUT2D eigenvalue weighted by atomic mass is 9.87. The molecule has 370 valence electrons. The van der Waals surface area contributed by atoms with Gasteiger partial charge in [-0.3, -0.25) is 28.8 Å². The largest absolute Gasteiger partial charge is 0.465 e. The topological polar surface area (TPSA) is 251 Å². The first kappa shape index (κ1) is 52.7. The van der Waals surface area contributed by atoms with Crippen LogP contribution in [0.5, 0.6) is 5.75 Å². The summed E-state index contributed by atoms with van der Waals surface area (Å²) >= 11 is 0. The quantitative estimate of drug-likeness (QED) is 0.0564. The second-order valence-electron chi connectivity index (χ2n) is 17.1. The Morgan fingerprint density at radius 2 is 1.57 bits per heavy atom. The number of carbonyl (C=O) groups excluding carboxylic acids is 7. The molecule has 5 rings (SSSR count). The lowest BCUT2D eigenvalue weighted by Gasteiger charge is -2.48. The number of rotatable bonds is 22. The highest BCUT2D eigenvalue weighted by molar-refractivity contribution is 5.95. The SMILES string of the molecule is COC(=O)[C@@]1(OCCCNCCc2ccccc2)CC(OC(C)=O)[C@@H](NC(=O)Cn2cc(C3CCCCC3)nn2)C([C@H](OC(C)=O)[C@@H](CNC(=O)c2cc(C)c(OC(C)=O)c(C)c2)OC(C)=O)O1. The van der Waals surface area contributed by atoms with Crippen molar-refractivity contribution in [3.05, 3.63) is 76.6 Å². The van der Waals surface area contributed by atoms with Gasteiger partial charge in [0.2, 0.25) is 5.91 Å². The van der Waals surface area contributed by atoms with Gasteiger partial charge in [0.1, 0.15) is 24.5 Å². The molecule has 2 heterocycles. The average molecular weight is 949 g/mol. The van der Waals surface area contributed by atoms with Crippen LogP contribution in [0.4, 0.5) is 0 Å². The molecule has 2 amide bonds. The van der Waals surface area contributed by atoms with E-state index in [2.05, 4.69) is 26.3 Å². The molecule has 2 aliphatic rings. The number of nitrogens with zero attached hydrogens (tertiary/aromatic N) is 3. The molecule has 1 saturated heterocycles. The van der Waals surface area contributed by atoms with Gasteiger partial charge in [0.05, 0.1) is 38.4 Å². The number of hydrogen-bond acceptors (Lipinski definition) is 17. The standard InChI is InChI=1S/C48H64N6O14/c1-29-23-37(24-30(2)43(29)66-33(5)57)46(60)50-26-40(65-32(4)56)44(67-34(6)58)45-42(51-41(59)28-54-27-38(52-53-54)36-17-12-9-13-18-36)39(64-31(3)55)25-48(68-45,47(61)62-7)63-22-14-20-49-21-19-35-15-10-8-11-16-35/h8,10-11,15-16,23-24,27,36,39-40,42,44-45,49H,9,12-14,17-22,25-26,28H2,1-7H3,(H,50,60)(H,51,59)/t39?,40-,42-,44-,45?,48-/m1/s1. The number of esters is 5. The molecular weight excluding hydrogens is 885 g/mol. The highest BCUT2D eigenvalue weighted by Crippen LogP contribution is 2.37. The maximum atomic E-state index is 14.1. The van der Waals surface area contributed by atoms with Gasteiger partial charge in [-0.15, -0.1) is 5.10 Å². The molecule has 6 atom stereocenters. The molecule has 68 heavy (non-hydrogen) atoms. The van der Waals surface area contributed by atoms with Gasteiger partial charge in [-0.2, -0.15) is 0 Å². The first-order valence-corrected chi connectivity index (χ1v) is 22.9. The fraction of sp³-hybridized carbons (Fsp3) is 0.562. The van der Waals surface area contributed by atoms with Gasteiger partial charge in [-0.25, -0.2) is 9.48 Å². The van der Waals surface area contributed by atoms with Crippen LogP contribution in [-0.4, -0.2) is 126 Å². The van der Waals surface area contributed by atoms with Crippen molar-refractivity contribution in [3.63, 3.8) is 0 Å². The van der Waals surface area contributed by atoms with Crippen molar-refractivity contribution >= 4 is 41.7 Å². The fourth-order valence-electron chi connectivity index (χ4n) is 8.62. The highest BCUT2D eigenvalue weighted by Gasteiger charge is 2.59. The highest BCUT2D eigenvalue weighted by atomic mass is 16.7. The third-order valence-corrected chi connectivity index (χ3v) is 11.6. The monoisotopic (exact) mass is 948 g/mol. The number of ether oxygens (including phenoxy) is 7. The molecular formula is C48H64N6O14. The van der Waals surface area contributed by atoms with Crippen LogP contribution >= 0.6 is 0 Å². The number of nitrogens with one attached hydrogen (secondary N) is 3. The zero-order valence-corrected chi connectivity index (χ0v) is 39.8. The molecule has 0 bridgehead atoms. The summed E-state index contributed by atoms with van der Waals surface area (Å²) in [6.07, 6.45) is 1.10. The average Bonchev–Trinajstić information content (AvgIpc) is 3.76. The molecule has 2 aromatic carbocycles. The smallest absolute Gasteiger partial charge is 0.366 e. The van der Waals surface area contributed by atoms with Crippen molar-refractivity contribution in [2.75, 3.05) is 33.4 Å². The molecule has 0 radical (unpaired) electrons. The predicted octanol–water partition coefficient (Wildman–Crippen LogP) is 3.48. The van der Waals surface area contributed by atoms with E-state index in [-0.39, 0.29) is 30.4 Å². The maximum Gasteiger partial charge on any atom is 0.366 e. The second-order valence-corrected chi connectivity index (χ2v) is 17.1. The fourth-order valence-corrected chi connectivity index (χ4v) is 8.62. The molecule has 2 unspecified atom stereocenters. The van der Waals surface area contributed by atoms with Gasteiger partial charge in [0, 0.05) is 45.4 Å². The van der Waals surface area contributed by atoms with Gasteiger partial charge in [0.15, 0.2) is 12.2 Å². The Labute approximate surface area is 395 Å². The minimum absolute atomic E-state index is 0.0870. The van der Waals surface area contributed by atoms with E-state index in [1.54, 1.807) is 20.0 Å². The van der Waals surface area contributed by atoms with Crippen LogP contribution in [0.2, 0.25) is 0 Å². The van der Waals surface area contributed by atoms with Crippen molar-refractivity contribution in [2.45, 2.75) is 142 Å². The van der Waals surface area contributed by atoms with E-state index >= 15 is 0 Å². The molecule has 2 fully saturated rings. The Morgan fingerprint density at radius 3 is 2.21 bits per heavy atom. The molecule has 1 saturated carbocycles. The van der Waals surface area contributed by atoms with Gasteiger partial charge in [0.25, 0.3) is 11.7 Å². The molecule has 20 heteroatoms. The predicted molar refractivity (Wildman–Crippen MR) is 242 cm³/mol. The molecule has 1 aromatic heterocycles. The number of amides is 2. The minimum atomic E-state index is -2.34. The van der Waals surface area contributed by atoms with Crippen LogP contribution in [0.1, 0.15) is 111 Å². The number of hydrogen-bond donors (Lipinski definition) is 3. The lowest BCUT2D eigenvalue weighted by Crippen LogP contribution is -2.69. The summed E-state index contributed by atoms with van der Waals surface area (Å²) in [4.78, 5) is 92.3. The summed E-state index contributed by atoms with van der Waals surface area (Å²) in [5.41, 5.74) is 3.04. The molecule has 3 N–H and O–H groups in total. The Morgan fingerprint density at radius 1 is 0.882 bits per heavy atom. The molecule has 0 spiro atoms. The van der Waals surface area contributed by atoms with Gasteiger partial charge in [-0.1, -0.05) is 54.8 Å². The minimum Gasteiger partial charge on any atom is -0.465 e. The summed E-state index contributed by atoms with van der Waals surface area (Å²) in [5, 5.41) is 17.4. The van der Waals surface area contributed by atoms with Crippen molar-refractivity contribution in [1.29, 1.82) is 0 Å². The van der Waals surface area contributed by atoms with Crippen LogP contribution in [0.15, 0.2) is 48.7 Å². The Bertz CT molecular complexity index is 2210. The van der Waals surface area contributed by atoms with Crippen molar-refractivity contribution in [1.82, 2.24) is 30.9 Å². The van der Waals surface area contributed by atoms with Crippen LogP contribution < -0.4 is 20.7 Å².